The van der Waals surface area contributed by atoms with E-state index in [1.54, 1.807) is 61.5 Å². The van der Waals surface area contributed by atoms with Crippen molar-refractivity contribution in [3.63, 3.8) is 0 Å². The van der Waals surface area contributed by atoms with Gasteiger partial charge < -0.3 is 0 Å². The lowest BCUT2D eigenvalue weighted by Crippen LogP contribution is -2.55. The van der Waals surface area contributed by atoms with Gasteiger partial charge in [0.25, 0.3) is 0 Å². The maximum Gasteiger partial charge on any atom is 0.244 e. The summed E-state index contributed by atoms with van der Waals surface area (Å²) in [6.07, 6.45) is 9.79. The predicted molar refractivity (Wildman–Crippen MR) is 145 cm³/mol. The molecule has 8 heteroatoms. The van der Waals surface area contributed by atoms with Crippen LogP contribution in [0.15, 0.2) is 120 Å². The molecule has 0 radical (unpaired) electrons. The summed E-state index contributed by atoms with van der Waals surface area (Å²) in [7, 11) is 0. The van der Waals surface area contributed by atoms with Crippen molar-refractivity contribution in [1.82, 2.24) is 20.8 Å². The van der Waals surface area contributed by atoms with Gasteiger partial charge in [-0.05, 0) is 46.5 Å². The lowest BCUT2D eigenvalue weighted by atomic mass is 9.52. The number of nitrogens with zero attached hydrogens (tertiary/aromatic N) is 4. The Hall–Kier alpha value is -4.98. The van der Waals surface area contributed by atoms with Crippen LogP contribution in [-0.2, 0) is 9.59 Å². The summed E-state index contributed by atoms with van der Waals surface area (Å²) in [6, 6.07) is 26.5. The van der Waals surface area contributed by atoms with Crippen molar-refractivity contribution in [2.24, 2.45) is 22.0 Å². The smallest absolute Gasteiger partial charge is 0.244 e. The molecule has 2 N–H and O–H groups in total. The van der Waals surface area contributed by atoms with Crippen LogP contribution in [0, 0.1) is 11.8 Å². The zero-order chi connectivity index (χ0) is 26.2. The molecular formula is C30H26N6O2. The maximum atomic E-state index is 13.5. The molecule has 2 aromatic carbocycles. The first kappa shape index (κ1) is 24.7. The van der Waals surface area contributed by atoms with Crippen LogP contribution >= 0.6 is 0 Å². The molecule has 0 aliphatic heterocycles. The number of carbonyl (C=O) groups excluding carboxylic acids is 2. The average Bonchev–Trinajstić information content (AvgIpc) is 2.95. The highest BCUT2D eigenvalue weighted by atomic mass is 16.2. The van der Waals surface area contributed by atoms with Crippen LogP contribution in [-0.4, -0.2) is 34.2 Å². The van der Waals surface area contributed by atoms with Crippen molar-refractivity contribution in [2.45, 2.75) is 11.8 Å². The molecule has 0 unspecified atom stereocenters. The maximum absolute atomic E-state index is 13.5. The molecule has 0 bridgehead atoms. The molecule has 1 aliphatic rings. The van der Waals surface area contributed by atoms with Crippen LogP contribution in [0.25, 0.3) is 0 Å². The first-order chi connectivity index (χ1) is 18.7. The summed E-state index contributed by atoms with van der Waals surface area (Å²) >= 11 is 0. The van der Waals surface area contributed by atoms with E-state index in [0.717, 1.165) is 22.3 Å². The second-order valence-electron chi connectivity index (χ2n) is 8.95. The molecule has 0 spiro atoms. The summed E-state index contributed by atoms with van der Waals surface area (Å²) in [6.45, 7) is 0. The predicted octanol–water partition coefficient (Wildman–Crippen LogP) is 3.89. The third-order valence-corrected chi connectivity index (χ3v) is 6.71. The largest absolute Gasteiger partial charge is 0.273 e. The molecule has 0 atom stereocenters. The number of nitrogens with one attached hydrogen (secondary N) is 2. The van der Waals surface area contributed by atoms with E-state index in [4.69, 9.17) is 0 Å². The lowest BCUT2D eigenvalue weighted by molar-refractivity contribution is -0.140. The zero-order valence-corrected chi connectivity index (χ0v) is 20.5. The summed E-state index contributed by atoms with van der Waals surface area (Å²) in [5.74, 6) is -2.21. The Morgan fingerprint density at radius 1 is 0.579 bits per heavy atom. The van der Waals surface area contributed by atoms with Crippen molar-refractivity contribution < 1.29 is 9.59 Å². The van der Waals surface area contributed by atoms with Crippen LogP contribution in [0.3, 0.4) is 0 Å². The molecule has 38 heavy (non-hydrogen) atoms. The number of aromatic nitrogens is 2. The minimum atomic E-state index is -0.505. The average molecular weight is 503 g/mol. The number of hydrogen-bond donors (Lipinski definition) is 2. The standard InChI is InChI=1S/C30H26N6O2/c37-29(35-33-19-21-11-15-31-16-12-21)27-25(23-7-3-1-4-8-23)28(26(27)24-9-5-2-6-10-24)30(38)36-34-20-22-13-17-32-18-14-22/h1-20,25-28H,(H,35,37)(H,36,38). The van der Waals surface area contributed by atoms with Gasteiger partial charge in [-0.1, -0.05) is 60.7 Å². The Labute approximate surface area is 220 Å². The Morgan fingerprint density at radius 2 is 0.947 bits per heavy atom. The van der Waals surface area contributed by atoms with Crippen molar-refractivity contribution in [3.05, 3.63) is 132 Å². The molecule has 8 nitrogen and oxygen atoms in total. The normalized spacial score (nSPS) is 20.6. The third-order valence-electron chi connectivity index (χ3n) is 6.71. The monoisotopic (exact) mass is 502 g/mol. The van der Waals surface area contributed by atoms with E-state index in [1.807, 2.05) is 60.7 Å². The zero-order valence-electron chi connectivity index (χ0n) is 20.5. The lowest BCUT2D eigenvalue weighted by Gasteiger charge is -2.50. The van der Waals surface area contributed by atoms with Gasteiger partial charge in [0, 0.05) is 36.6 Å². The third kappa shape index (κ3) is 5.54. The Kier molecular flexibility index (Phi) is 7.69. The van der Waals surface area contributed by atoms with Gasteiger partial charge in [-0.2, -0.15) is 10.2 Å². The molecule has 1 aliphatic carbocycles. The number of hydrazone groups is 2. The van der Waals surface area contributed by atoms with Crippen molar-refractivity contribution in [1.29, 1.82) is 0 Å². The van der Waals surface area contributed by atoms with Crippen LogP contribution in [0.4, 0.5) is 0 Å². The van der Waals surface area contributed by atoms with E-state index in [2.05, 4.69) is 31.0 Å². The first-order valence-electron chi connectivity index (χ1n) is 12.3. The summed E-state index contributed by atoms with van der Waals surface area (Å²) < 4.78 is 0. The number of benzene rings is 2. The van der Waals surface area contributed by atoms with Gasteiger partial charge in [-0.25, -0.2) is 10.9 Å². The van der Waals surface area contributed by atoms with Crippen LogP contribution < -0.4 is 10.9 Å². The highest BCUT2D eigenvalue weighted by Gasteiger charge is 2.58. The number of carbonyl (C=O) groups is 2. The fourth-order valence-electron chi connectivity index (χ4n) is 4.97. The fourth-order valence-corrected chi connectivity index (χ4v) is 4.97. The molecule has 188 valence electrons. The van der Waals surface area contributed by atoms with Gasteiger partial charge in [-0.15, -0.1) is 0 Å². The molecule has 1 fully saturated rings. The SMILES string of the molecule is O=C(NN=Cc1ccncc1)C1C(c2ccccc2)C(C(=O)NN=Cc2ccncc2)C1c1ccccc1. The van der Waals surface area contributed by atoms with Crippen molar-refractivity contribution in [3.8, 4) is 0 Å². The molecule has 2 amide bonds. The molecular weight excluding hydrogens is 476 g/mol. The molecule has 2 heterocycles. The summed E-state index contributed by atoms with van der Waals surface area (Å²) in [5, 5.41) is 8.34. The highest BCUT2D eigenvalue weighted by Crippen LogP contribution is 2.57. The molecule has 0 saturated heterocycles. The van der Waals surface area contributed by atoms with Gasteiger partial charge in [0.2, 0.25) is 11.8 Å². The Balaban J connectivity index is 1.43. The number of pyridine rings is 2. The minimum absolute atomic E-state index is 0.248. The summed E-state index contributed by atoms with van der Waals surface area (Å²) in [4.78, 5) is 35.1. The molecule has 5 rings (SSSR count). The quantitative estimate of drug-likeness (QED) is 0.281. The van der Waals surface area contributed by atoms with Crippen LogP contribution in [0.2, 0.25) is 0 Å². The topological polar surface area (TPSA) is 109 Å². The molecule has 1 saturated carbocycles. The van der Waals surface area contributed by atoms with Gasteiger partial charge >= 0.3 is 0 Å². The van der Waals surface area contributed by atoms with E-state index in [9.17, 15) is 9.59 Å². The number of amides is 2. The van der Waals surface area contributed by atoms with Gasteiger partial charge in [0.05, 0.1) is 24.3 Å². The fraction of sp³-hybridized carbons (Fsp3) is 0.133. The molecule has 2 aromatic heterocycles. The van der Waals surface area contributed by atoms with E-state index in [1.165, 1.54) is 0 Å². The number of hydrogen-bond acceptors (Lipinski definition) is 6. The van der Waals surface area contributed by atoms with Gasteiger partial charge in [0.15, 0.2) is 0 Å². The van der Waals surface area contributed by atoms with E-state index in [-0.39, 0.29) is 23.7 Å². The van der Waals surface area contributed by atoms with Gasteiger partial charge in [0.1, 0.15) is 0 Å². The second kappa shape index (κ2) is 11.8. The van der Waals surface area contributed by atoms with E-state index in [0.29, 0.717) is 0 Å². The van der Waals surface area contributed by atoms with Crippen LogP contribution in [0.5, 0.6) is 0 Å². The van der Waals surface area contributed by atoms with E-state index >= 15 is 0 Å². The van der Waals surface area contributed by atoms with Crippen LogP contribution in [0.1, 0.15) is 34.1 Å². The Morgan fingerprint density at radius 3 is 1.32 bits per heavy atom. The first-order valence-corrected chi connectivity index (χ1v) is 12.3. The van der Waals surface area contributed by atoms with Crippen molar-refractivity contribution >= 4 is 24.2 Å². The molecule has 4 aromatic rings. The Bertz CT molecular complexity index is 1290. The minimum Gasteiger partial charge on any atom is -0.273 e. The number of rotatable bonds is 8. The highest BCUT2D eigenvalue weighted by molar-refractivity contribution is 5.91. The van der Waals surface area contributed by atoms with E-state index < -0.39 is 11.8 Å². The van der Waals surface area contributed by atoms with Crippen molar-refractivity contribution in [2.75, 3.05) is 0 Å². The summed E-state index contributed by atoms with van der Waals surface area (Å²) in [5.41, 5.74) is 8.86. The second-order valence-corrected chi connectivity index (χ2v) is 8.95. The van der Waals surface area contributed by atoms with Gasteiger partial charge in [-0.3, -0.25) is 19.6 Å².